The van der Waals surface area contributed by atoms with Crippen LogP contribution in [0.1, 0.15) is 19.4 Å². The molecular formula is C12H15BrOS. The van der Waals surface area contributed by atoms with Gasteiger partial charge in [-0.15, -0.1) is 0 Å². The summed E-state index contributed by atoms with van der Waals surface area (Å²) >= 11 is 5.10. The molecule has 0 radical (unpaired) electrons. The van der Waals surface area contributed by atoms with Crippen LogP contribution in [0, 0.1) is 0 Å². The number of benzene rings is 1. The molecule has 1 nitrogen and oxygen atoms in total. The van der Waals surface area contributed by atoms with Crippen molar-refractivity contribution in [1.82, 2.24) is 0 Å². The number of carbonyl (C=O) groups is 1. The summed E-state index contributed by atoms with van der Waals surface area (Å²) < 4.78 is 1.03. The molecule has 0 saturated carbocycles. The van der Waals surface area contributed by atoms with Crippen LogP contribution in [0.4, 0.5) is 0 Å². The summed E-state index contributed by atoms with van der Waals surface area (Å²) in [5.74, 6) is 0.913. The normalized spacial score (nSPS) is 10.7. The summed E-state index contributed by atoms with van der Waals surface area (Å²) in [5, 5.41) is 0.524. The van der Waals surface area contributed by atoms with Crippen molar-refractivity contribution in [1.29, 1.82) is 0 Å². The Balaban J connectivity index is 2.44. The van der Waals surface area contributed by atoms with Gasteiger partial charge in [0.1, 0.15) is 5.78 Å². The van der Waals surface area contributed by atoms with Crippen molar-refractivity contribution in [3.63, 3.8) is 0 Å². The summed E-state index contributed by atoms with van der Waals surface area (Å²) in [4.78, 5) is 11.6. The van der Waals surface area contributed by atoms with Crippen LogP contribution < -0.4 is 0 Å². The number of carbonyl (C=O) groups excluding carboxylic acids is 1. The van der Waals surface area contributed by atoms with Crippen molar-refractivity contribution in [2.75, 3.05) is 5.75 Å². The molecular weight excluding hydrogens is 272 g/mol. The third-order valence-corrected chi connectivity index (χ3v) is 3.52. The topological polar surface area (TPSA) is 17.1 Å². The van der Waals surface area contributed by atoms with Gasteiger partial charge in [0, 0.05) is 10.9 Å². The van der Waals surface area contributed by atoms with Crippen molar-refractivity contribution in [3.8, 4) is 0 Å². The molecule has 0 aliphatic rings. The van der Waals surface area contributed by atoms with E-state index >= 15 is 0 Å². The summed E-state index contributed by atoms with van der Waals surface area (Å²) in [7, 11) is 0. The maximum Gasteiger partial charge on any atom is 0.147 e. The van der Waals surface area contributed by atoms with Crippen LogP contribution in [0.2, 0.25) is 0 Å². The van der Waals surface area contributed by atoms with Crippen LogP contribution in [0.3, 0.4) is 0 Å². The quantitative estimate of drug-likeness (QED) is 0.821. The lowest BCUT2D eigenvalue weighted by Crippen LogP contribution is -2.07. The van der Waals surface area contributed by atoms with E-state index < -0.39 is 0 Å². The Morgan fingerprint density at radius 3 is 2.80 bits per heavy atom. The van der Waals surface area contributed by atoms with Crippen molar-refractivity contribution in [2.45, 2.75) is 25.5 Å². The van der Waals surface area contributed by atoms with Gasteiger partial charge in [-0.1, -0.05) is 41.9 Å². The first-order chi connectivity index (χ1) is 7.08. The second-order valence-electron chi connectivity index (χ2n) is 3.71. The van der Waals surface area contributed by atoms with Gasteiger partial charge in [-0.2, -0.15) is 11.8 Å². The lowest BCUT2D eigenvalue weighted by Gasteiger charge is -2.04. The summed E-state index contributed by atoms with van der Waals surface area (Å²) in [6.07, 6.45) is 0.541. The van der Waals surface area contributed by atoms with E-state index in [0.717, 1.165) is 10.0 Å². The van der Waals surface area contributed by atoms with Crippen molar-refractivity contribution in [3.05, 3.63) is 34.3 Å². The molecule has 82 valence electrons. The highest BCUT2D eigenvalue weighted by molar-refractivity contribution is 9.10. The van der Waals surface area contributed by atoms with Gasteiger partial charge in [0.15, 0.2) is 0 Å². The Labute approximate surface area is 104 Å². The highest BCUT2D eigenvalue weighted by atomic mass is 79.9. The molecule has 0 saturated heterocycles. The van der Waals surface area contributed by atoms with Crippen molar-refractivity contribution >= 4 is 33.5 Å². The SMILES string of the molecule is CC(C)SCC(=O)Cc1cccc(Br)c1. The predicted octanol–water partition coefficient (Wildman–Crippen LogP) is 3.70. The van der Waals surface area contributed by atoms with E-state index in [1.54, 1.807) is 11.8 Å². The van der Waals surface area contributed by atoms with E-state index in [-0.39, 0.29) is 0 Å². The van der Waals surface area contributed by atoms with Gasteiger partial charge in [-0.3, -0.25) is 4.79 Å². The minimum Gasteiger partial charge on any atom is -0.298 e. The van der Waals surface area contributed by atoms with E-state index in [4.69, 9.17) is 0 Å². The number of hydrogen-bond acceptors (Lipinski definition) is 2. The van der Waals surface area contributed by atoms with Gasteiger partial charge >= 0.3 is 0 Å². The number of hydrogen-bond donors (Lipinski definition) is 0. The van der Waals surface area contributed by atoms with Gasteiger partial charge in [-0.25, -0.2) is 0 Å². The number of Topliss-reactive ketones (excluding diaryl/α,β-unsaturated/α-hetero) is 1. The molecule has 1 aromatic rings. The number of rotatable bonds is 5. The molecule has 0 bridgehead atoms. The molecule has 0 spiro atoms. The fourth-order valence-electron chi connectivity index (χ4n) is 1.19. The zero-order valence-corrected chi connectivity index (χ0v) is 11.4. The van der Waals surface area contributed by atoms with E-state index in [2.05, 4.69) is 29.8 Å². The maximum absolute atomic E-state index is 11.6. The van der Waals surface area contributed by atoms with Crippen molar-refractivity contribution in [2.24, 2.45) is 0 Å². The van der Waals surface area contributed by atoms with Gasteiger partial charge < -0.3 is 0 Å². The van der Waals surface area contributed by atoms with Crippen LogP contribution in [-0.4, -0.2) is 16.8 Å². The fourth-order valence-corrected chi connectivity index (χ4v) is 2.25. The lowest BCUT2D eigenvalue weighted by atomic mass is 10.1. The molecule has 0 amide bonds. The zero-order chi connectivity index (χ0) is 11.3. The Bertz CT molecular complexity index is 336. The van der Waals surface area contributed by atoms with Crippen LogP contribution in [-0.2, 0) is 11.2 Å². The average molecular weight is 287 g/mol. The Kier molecular flexibility index (Phi) is 5.40. The van der Waals surface area contributed by atoms with Crippen LogP contribution in [0.15, 0.2) is 28.7 Å². The minimum absolute atomic E-state index is 0.298. The molecule has 0 atom stereocenters. The lowest BCUT2D eigenvalue weighted by molar-refractivity contribution is -0.116. The first kappa shape index (κ1) is 12.8. The first-order valence-electron chi connectivity index (χ1n) is 4.95. The molecule has 15 heavy (non-hydrogen) atoms. The fraction of sp³-hybridized carbons (Fsp3) is 0.417. The molecule has 0 fully saturated rings. The second-order valence-corrected chi connectivity index (χ2v) is 6.19. The summed E-state index contributed by atoms with van der Waals surface area (Å²) in [6, 6.07) is 7.92. The molecule has 0 aliphatic carbocycles. The largest absolute Gasteiger partial charge is 0.298 e. The van der Waals surface area contributed by atoms with Gasteiger partial charge in [0.25, 0.3) is 0 Å². The van der Waals surface area contributed by atoms with Gasteiger partial charge in [0.2, 0.25) is 0 Å². The van der Waals surface area contributed by atoms with Crippen LogP contribution in [0.25, 0.3) is 0 Å². The molecule has 1 aromatic carbocycles. The van der Waals surface area contributed by atoms with Crippen molar-refractivity contribution < 1.29 is 4.79 Å². The molecule has 0 aromatic heterocycles. The Morgan fingerprint density at radius 1 is 1.47 bits per heavy atom. The minimum atomic E-state index is 0.298. The molecule has 0 heterocycles. The third kappa shape index (κ3) is 5.38. The van der Waals surface area contributed by atoms with Gasteiger partial charge in [0.05, 0.1) is 5.75 Å². The highest BCUT2D eigenvalue weighted by Gasteiger charge is 2.05. The second kappa shape index (κ2) is 6.33. The van der Waals surface area contributed by atoms with Crippen LogP contribution in [0.5, 0.6) is 0 Å². The maximum atomic E-state index is 11.6. The van der Waals surface area contributed by atoms with E-state index in [9.17, 15) is 4.79 Å². The number of thioether (sulfide) groups is 1. The third-order valence-electron chi connectivity index (χ3n) is 1.87. The zero-order valence-electron chi connectivity index (χ0n) is 9.00. The summed E-state index contributed by atoms with van der Waals surface area (Å²) in [6.45, 7) is 4.22. The van der Waals surface area contributed by atoms with E-state index in [1.807, 2.05) is 24.3 Å². The molecule has 1 rings (SSSR count). The summed E-state index contributed by atoms with van der Waals surface area (Å²) in [5.41, 5.74) is 1.08. The monoisotopic (exact) mass is 286 g/mol. The number of ketones is 1. The van der Waals surface area contributed by atoms with Gasteiger partial charge in [-0.05, 0) is 22.9 Å². The standard InChI is InChI=1S/C12H15BrOS/c1-9(2)15-8-12(14)7-10-4-3-5-11(13)6-10/h3-6,9H,7-8H2,1-2H3. The van der Waals surface area contributed by atoms with Crippen LogP contribution >= 0.6 is 27.7 Å². The molecule has 3 heteroatoms. The molecule has 0 aliphatic heterocycles. The molecule has 0 N–H and O–H groups in total. The van der Waals surface area contributed by atoms with E-state index in [0.29, 0.717) is 23.2 Å². The average Bonchev–Trinajstić information content (AvgIpc) is 2.15. The Hall–Kier alpha value is -0.280. The van der Waals surface area contributed by atoms with E-state index in [1.165, 1.54) is 0 Å². The Morgan fingerprint density at radius 2 is 2.20 bits per heavy atom. The molecule has 0 unspecified atom stereocenters. The first-order valence-corrected chi connectivity index (χ1v) is 6.80. The smallest absolute Gasteiger partial charge is 0.147 e. The highest BCUT2D eigenvalue weighted by Crippen LogP contribution is 2.14. The number of halogens is 1. The predicted molar refractivity (Wildman–Crippen MR) is 70.4 cm³/mol.